The summed E-state index contributed by atoms with van der Waals surface area (Å²) in [5.41, 5.74) is 1.52. The van der Waals surface area contributed by atoms with Crippen LogP contribution in [0.3, 0.4) is 0 Å². The first-order valence-corrected chi connectivity index (χ1v) is 11.8. The molecule has 1 aromatic heterocycles. The molecule has 0 spiro atoms. The van der Waals surface area contributed by atoms with E-state index in [0.29, 0.717) is 0 Å². The van der Waals surface area contributed by atoms with Gasteiger partial charge in [-0.25, -0.2) is 0 Å². The highest BCUT2D eigenvalue weighted by molar-refractivity contribution is 7.43. The van der Waals surface area contributed by atoms with E-state index < -0.39 is 0 Å². The van der Waals surface area contributed by atoms with Crippen molar-refractivity contribution in [3.8, 4) is 0 Å². The minimum Gasteiger partial charge on any atom is -0.353 e. The Morgan fingerprint density at radius 3 is 2.04 bits per heavy atom. The number of rotatable bonds is 17. The molecule has 1 unspecified atom stereocenters. The van der Waals surface area contributed by atoms with E-state index in [2.05, 4.69) is 34.5 Å². The number of aryl methyl sites for hydroxylation is 1. The van der Waals surface area contributed by atoms with Crippen molar-refractivity contribution < 1.29 is 9.47 Å². The molecule has 0 N–H and O–H groups in total. The lowest BCUT2D eigenvalue weighted by atomic mass is 10.1. The second-order valence-electron chi connectivity index (χ2n) is 6.85. The Morgan fingerprint density at radius 1 is 0.880 bits per heavy atom. The van der Waals surface area contributed by atoms with Crippen LogP contribution in [0.1, 0.15) is 90.0 Å². The molecule has 0 aliphatic carbocycles. The summed E-state index contributed by atoms with van der Waals surface area (Å²) in [6, 6.07) is 2.27. The van der Waals surface area contributed by atoms with Gasteiger partial charge in [-0.15, -0.1) is 11.3 Å². The van der Waals surface area contributed by atoms with Gasteiger partial charge in [-0.2, -0.15) is 0 Å². The SMILES string of the molecule is CCCCOC(CCCCCCCCc1ccsc1P)OCCCC. The Hall–Kier alpha value is 0.0500. The number of hydrogen-bond donors (Lipinski definition) is 0. The molecule has 4 heteroatoms. The van der Waals surface area contributed by atoms with E-state index in [1.807, 2.05) is 11.3 Å². The molecular weight excluding hydrogens is 347 g/mol. The highest BCUT2D eigenvalue weighted by Gasteiger charge is 2.08. The standard InChI is InChI=1S/C21H39O2PS/c1-3-5-16-22-20(23-17-6-4-2)14-12-10-8-7-9-11-13-19-15-18-25-21(19)24/h15,18,20H,3-14,16-17,24H2,1-2H3. The van der Waals surface area contributed by atoms with E-state index in [-0.39, 0.29) is 6.29 Å². The zero-order valence-electron chi connectivity index (χ0n) is 16.4. The van der Waals surface area contributed by atoms with Crippen molar-refractivity contribution in [2.45, 2.75) is 97.2 Å². The molecular formula is C21H39O2PS. The summed E-state index contributed by atoms with van der Waals surface area (Å²) in [6.45, 7) is 6.09. The molecule has 0 aliphatic heterocycles. The molecule has 0 amide bonds. The molecule has 1 atom stereocenters. The number of unbranched alkanes of at least 4 members (excludes halogenated alkanes) is 7. The van der Waals surface area contributed by atoms with Crippen LogP contribution in [-0.4, -0.2) is 19.5 Å². The third-order valence-corrected chi connectivity index (χ3v) is 6.09. The van der Waals surface area contributed by atoms with Crippen molar-refractivity contribution in [3.63, 3.8) is 0 Å². The van der Waals surface area contributed by atoms with Crippen LogP contribution in [0.2, 0.25) is 0 Å². The first-order valence-electron chi connectivity index (χ1n) is 10.3. The van der Waals surface area contributed by atoms with Crippen molar-refractivity contribution in [1.29, 1.82) is 0 Å². The molecule has 1 aromatic rings. The van der Waals surface area contributed by atoms with Crippen molar-refractivity contribution >= 4 is 25.2 Å². The van der Waals surface area contributed by atoms with Gasteiger partial charge in [0.1, 0.15) is 0 Å². The van der Waals surface area contributed by atoms with E-state index in [4.69, 9.17) is 9.47 Å². The Labute approximate surface area is 162 Å². The lowest BCUT2D eigenvalue weighted by Crippen LogP contribution is -2.18. The quantitative estimate of drug-likeness (QED) is 0.173. The van der Waals surface area contributed by atoms with Gasteiger partial charge in [0, 0.05) is 17.8 Å². The minimum absolute atomic E-state index is 0.0252. The van der Waals surface area contributed by atoms with Gasteiger partial charge >= 0.3 is 0 Å². The topological polar surface area (TPSA) is 18.5 Å². The van der Waals surface area contributed by atoms with Crippen LogP contribution in [0.4, 0.5) is 0 Å². The average Bonchev–Trinajstić information content (AvgIpc) is 3.02. The van der Waals surface area contributed by atoms with Crippen LogP contribution < -0.4 is 4.62 Å². The van der Waals surface area contributed by atoms with E-state index >= 15 is 0 Å². The summed E-state index contributed by atoms with van der Waals surface area (Å²) in [7, 11) is 2.85. The summed E-state index contributed by atoms with van der Waals surface area (Å²) < 4.78 is 13.2. The maximum atomic E-state index is 5.90. The predicted octanol–water partition coefficient (Wildman–Crippen LogP) is 6.48. The van der Waals surface area contributed by atoms with E-state index in [0.717, 1.165) is 32.5 Å². The summed E-state index contributed by atoms with van der Waals surface area (Å²) in [6.07, 6.45) is 14.9. The van der Waals surface area contributed by atoms with Crippen LogP contribution in [-0.2, 0) is 15.9 Å². The summed E-state index contributed by atoms with van der Waals surface area (Å²) >= 11 is 1.83. The fourth-order valence-electron chi connectivity index (χ4n) is 2.82. The third kappa shape index (κ3) is 12.1. The Bertz CT molecular complexity index is 398. The minimum atomic E-state index is 0.0252. The largest absolute Gasteiger partial charge is 0.353 e. The number of ether oxygens (including phenoxy) is 2. The lowest BCUT2D eigenvalue weighted by molar-refractivity contribution is -0.147. The first-order chi connectivity index (χ1) is 12.3. The van der Waals surface area contributed by atoms with Gasteiger partial charge in [-0.3, -0.25) is 0 Å². The van der Waals surface area contributed by atoms with Gasteiger partial charge in [0.2, 0.25) is 0 Å². The van der Waals surface area contributed by atoms with E-state index in [1.54, 1.807) is 0 Å². The van der Waals surface area contributed by atoms with Crippen molar-refractivity contribution in [3.05, 3.63) is 17.0 Å². The summed E-state index contributed by atoms with van der Waals surface area (Å²) in [5.74, 6) is 0. The predicted molar refractivity (Wildman–Crippen MR) is 115 cm³/mol. The fraction of sp³-hybridized carbons (Fsp3) is 0.810. The third-order valence-electron chi connectivity index (χ3n) is 4.52. The molecule has 0 bridgehead atoms. The lowest BCUT2D eigenvalue weighted by Gasteiger charge is -2.18. The van der Waals surface area contributed by atoms with Crippen LogP contribution in [0, 0.1) is 0 Å². The summed E-state index contributed by atoms with van der Waals surface area (Å²) in [5, 5.41) is 2.19. The monoisotopic (exact) mass is 386 g/mol. The highest BCUT2D eigenvalue weighted by atomic mass is 32.1. The van der Waals surface area contributed by atoms with E-state index in [9.17, 15) is 0 Å². The van der Waals surface area contributed by atoms with Gasteiger partial charge in [0.15, 0.2) is 6.29 Å². The maximum absolute atomic E-state index is 5.90. The molecule has 0 aromatic carbocycles. The Kier molecular flexibility index (Phi) is 15.0. The maximum Gasteiger partial charge on any atom is 0.157 e. The van der Waals surface area contributed by atoms with Gasteiger partial charge in [-0.1, -0.05) is 61.6 Å². The molecule has 0 aliphatic rings. The molecule has 0 fully saturated rings. The smallest absolute Gasteiger partial charge is 0.157 e. The Morgan fingerprint density at radius 2 is 1.48 bits per heavy atom. The van der Waals surface area contributed by atoms with Crippen molar-refractivity contribution in [2.24, 2.45) is 0 Å². The molecule has 25 heavy (non-hydrogen) atoms. The Balaban J connectivity index is 2.00. The molecule has 146 valence electrons. The summed E-state index contributed by atoms with van der Waals surface area (Å²) in [4.78, 5) is 0. The van der Waals surface area contributed by atoms with Crippen LogP contribution in [0.15, 0.2) is 11.4 Å². The molecule has 0 radical (unpaired) electrons. The fourth-order valence-corrected chi connectivity index (χ4v) is 4.00. The van der Waals surface area contributed by atoms with Gasteiger partial charge in [0.25, 0.3) is 0 Å². The first kappa shape index (κ1) is 23.1. The second kappa shape index (κ2) is 16.2. The molecule has 1 heterocycles. The molecule has 0 saturated heterocycles. The molecule has 1 rings (SSSR count). The number of thiophene rings is 1. The van der Waals surface area contributed by atoms with Gasteiger partial charge < -0.3 is 9.47 Å². The number of hydrogen-bond acceptors (Lipinski definition) is 3. The van der Waals surface area contributed by atoms with E-state index in [1.165, 1.54) is 68.0 Å². The zero-order chi connectivity index (χ0) is 18.2. The van der Waals surface area contributed by atoms with Crippen molar-refractivity contribution in [1.82, 2.24) is 0 Å². The molecule has 0 saturated carbocycles. The van der Waals surface area contributed by atoms with Crippen LogP contribution in [0.5, 0.6) is 0 Å². The van der Waals surface area contributed by atoms with Gasteiger partial charge in [0.05, 0.1) is 0 Å². The normalized spacial score (nSPS) is 11.5. The molecule has 2 nitrogen and oxygen atoms in total. The van der Waals surface area contributed by atoms with Crippen LogP contribution >= 0.6 is 20.6 Å². The average molecular weight is 387 g/mol. The van der Waals surface area contributed by atoms with Gasteiger partial charge in [-0.05, 0) is 55.5 Å². The highest BCUT2D eigenvalue weighted by Crippen LogP contribution is 2.15. The zero-order valence-corrected chi connectivity index (χ0v) is 18.4. The van der Waals surface area contributed by atoms with Crippen LogP contribution in [0.25, 0.3) is 0 Å². The second-order valence-corrected chi connectivity index (χ2v) is 8.79. The van der Waals surface area contributed by atoms with Crippen molar-refractivity contribution in [2.75, 3.05) is 13.2 Å².